The molecular formula is C14H19ClN4O. The molecule has 5 nitrogen and oxygen atoms in total. The maximum atomic E-state index is 12.1. The summed E-state index contributed by atoms with van der Waals surface area (Å²) in [5.41, 5.74) is 8.69. The molecule has 1 aromatic heterocycles. The molecule has 2 aromatic rings. The highest BCUT2D eigenvalue weighted by Crippen LogP contribution is 2.17. The van der Waals surface area contributed by atoms with Crippen LogP contribution in [0.25, 0.3) is 0 Å². The van der Waals surface area contributed by atoms with Crippen LogP contribution in [-0.2, 0) is 7.05 Å². The standard InChI is InChI=1S/C14H18N4O.ClH/c1-9(12-8-18(3)17-10(12)2)16-14(19)11-6-4-5-7-13(11)15;/h4-9H,15H2,1-3H3,(H,16,19);1H. The van der Waals surface area contributed by atoms with Crippen molar-refractivity contribution in [3.05, 3.63) is 47.3 Å². The molecule has 6 heteroatoms. The number of nitrogens with one attached hydrogen (secondary N) is 1. The summed E-state index contributed by atoms with van der Waals surface area (Å²) in [7, 11) is 1.86. The summed E-state index contributed by atoms with van der Waals surface area (Å²) < 4.78 is 1.74. The molecule has 108 valence electrons. The Morgan fingerprint density at radius 1 is 1.40 bits per heavy atom. The van der Waals surface area contributed by atoms with Crippen LogP contribution in [0.5, 0.6) is 0 Å². The molecule has 0 bridgehead atoms. The van der Waals surface area contributed by atoms with Crippen molar-refractivity contribution in [3.8, 4) is 0 Å². The average Bonchev–Trinajstić information content (AvgIpc) is 2.69. The fourth-order valence-corrected chi connectivity index (χ4v) is 2.10. The highest BCUT2D eigenvalue weighted by atomic mass is 35.5. The van der Waals surface area contributed by atoms with Crippen LogP contribution in [0.15, 0.2) is 30.5 Å². The number of hydrogen-bond acceptors (Lipinski definition) is 3. The number of nitrogen functional groups attached to an aromatic ring is 1. The van der Waals surface area contributed by atoms with E-state index in [1.54, 1.807) is 28.9 Å². The zero-order valence-electron chi connectivity index (χ0n) is 11.8. The quantitative estimate of drug-likeness (QED) is 0.853. The van der Waals surface area contributed by atoms with E-state index in [0.29, 0.717) is 11.3 Å². The van der Waals surface area contributed by atoms with Gasteiger partial charge in [-0.3, -0.25) is 9.48 Å². The fraction of sp³-hybridized carbons (Fsp3) is 0.286. The van der Waals surface area contributed by atoms with Crippen molar-refractivity contribution in [2.24, 2.45) is 7.05 Å². The highest BCUT2D eigenvalue weighted by molar-refractivity contribution is 5.99. The second-order valence-corrected chi connectivity index (χ2v) is 4.63. The summed E-state index contributed by atoms with van der Waals surface area (Å²) in [5, 5.41) is 7.21. The molecule has 0 fully saturated rings. The zero-order valence-corrected chi connectivity index (χ0v) is 12.6. The van der Waals surface area contributed by atoms with Crippen molar-refractivity contribution in [1.82, 2.24) is 15.1 Å². The maximum absolute atomic E-state index is 12.1. The third-order valence-electron chi connectivity index (χ3n) is 3.07. The van der Waals surface area contributed by atoms with Gasteiger partial charge in [-0.25, -0.2) is 0 Å². The lowest BCUT2D eigenvalue weighted by Crippen LogP contribution is -2.27. The van der Waals surface area contributed by atoms with E-state index >= 15 is 0 Å². The molecule has 1 atom stereocenters. The van der Waals surface area contributed by atoms with E-state index in [1.165, 1.54) is 0 Å². The number of hydrogen-bond donors (Lipinski definition) is 2. The molecule has 0 aliphatic rings. The molecule has 0 radical (unpaired) electrons. The molecule has 1 aromatic carbocycles. The van der Waals surface area contributed by atoms with E-state index in [0.717, 1.165) is 11.3 Å². The molecule has 20 heavy (non-hydrogen) atoms. The summed E-state index contributed by atoms with van der Waals surface area (Å²) in [5.74, 6) is -0.172. The first-order valence-electron chi connectivity index (χ1n) is 6.14. The number of nitrogens with two attached hydrogens (primary N) is 1. The minimum Gasteiger partial charge on any atom is -0.398 e. The van der Waals surface area contributed by atoms with Gasteiger partial charge in [-0.2, -0.15) is 5.10 Å². The number of nitrogens with zero attached hydrogens (tertiary/aromatic N) is 2. The minimum absolute atomic E-state index is 0. The number of anilines is 1. The van der Waals surface area contributed by atoms with Crippen molar-refractivity contribution >= 4 is 24.0 Å². The number of aryl methyl sites for hydroxylation is 2. The Bertz CT molecular complexity index is 609. The van der Waals surface area contributed by atoms with Crippen LogP contribution in [0.3, 0.4) is 0 Å². The summed E-state index contributed by atoms with van der Waals surface area (Å²) in [6.07, 6.45) is 1.91. The lowest BCUT2D eigenvalue weighted by molar-refractivity contribution is 0.0940. The normalized spacial score (nSPS) is 11.6. The first-order valence-corrected chi connectivity index (χ1v) is 6.14. The Kier molecular flexibility index (Phi) is 5.16. The molecule has 1 heterocycles. The van der Waals surface area contributed by atoms with Crippen LogP contribution in [0.2, 0.25) is 0 Å². The number of aromatic nitrogens is 2. The highest BCUT2D eigenvalue weighted by Gasteiger charge is 2.16. The molecule has 1 amide bonds. The Morgan fingerprint density at radius 2 is 2.05 bits per heavy atom. The number of benzene rings is 1. The Morgan fingerprint density at radius 3 is 2.60 bits per heavy atom. The number of carbonyl (C=O) groups is 1. The summed E-state index contributed by atoms with van der Waals surface area (Å²) in [4.78, 5) is 12.1. The van der Waals surface area contributed by atoms with Gasteiger partial charge < -0.3 is 11.1 Å². The average molecular weight is 295 g/mol. The van der Waals surface area contributed by atoms with Gasteiger partial charge >= 0.3 is 0 Å². The molecule has 0 saturated heterocycles. The third-order valence-corrected chi connectivity index (χ3v) is 3.07. The summed E-state index contributed by atoms with van der Waals surface area (Å²) in [6, 6.07) is 6.93. The molecule has 0 spiro atoms. The first-order chi connectivity index (χ1) is 8.99. The van der Waals surface area contributed by atoms with Crippen molar-refractivity contribution in [3.63, 3.8) is 0 Å². The number of para-hydroxylation sites is 1. The third kappa shape index (κ3) is 3.30. The van der Waals surface area contributed by atoms with Gasteiger partial charge in [0.1, 0.15) is 0 Å². The van der Waals surface area contributed by atoms with E-state index in [9.17, 15) is 4.79 Å². The minimum atomic E-state index is -0.172. The predicted octanol–water partition coefficient (Wildman–Crippen LogP) is 2.22. The SMILES string of the molecule is Cc1nn(C)cc1C(C)NC(=O)c1ccccc1N.Cl. The maximum Gasteiger partial charge on any atom is 0.253 e. The predicted molar refractivity (Wildman–Crippen MR) is 81.9 cm³/mol. The molecule has 0 aliphatic carbocycles. The molecule has 0 aliphatic heterocycles. The fourth-order valence-electron chi connectivity index (χ4n) is 2.10. The monoisotopic (exact) mass is 294 g/mol. The van der Waals surface area contributed by atoms with Crippen LogP contribution in [-0.4, -0.2) is 15.7 Å². The van der Waals surface area contributed by atoms with Gasteiger partial charge in [0.2, 0.25) is 0 Å². The molecule has 2 rings (SSSR count). The molecule has 0 saturated carbocycles. The van der Waals surface area contributed by atoms with Crippen molar-refractivity contribution in [2.45, 2.75) is 19.9 Å². The van der Waals surface area contributed by atoms with E-state index in [1.807, 2.05) is 27.1 Å². The first kappa shape index (κ1) is 16.0. The van der Waals surface area contributed by atoms with Gasteiger partial charge in [0.05, 0.1) is 17.3 Å². The Hall–Kier alpha value is -2.01. The smallest absolute Gasteiger partial charge is 0.253 e. The topological polar surface area (TPSA) is 72.9 Å². The number of carbonyl (C=O) groups excluding carboxylic acids is 1. The number of halogens is 1. The van der Waals surface area contributed by atoms with Crippen molar-refractivity contribution in [2.75, 3.05) is 5.73 Å². The lowest BCUT2D eigenvalue weighted by atomic mass is 10.1. The summed E-state index contributed by atoms with van der Waals surface area (Å²) in [6.45, 7) is 3.86. The van der Waals surface area contributed by atoms with Crippen LogP contribution < -0.4 is 11.1 Å². The van der Waals surface area contributed by atoms with Gasteiger partial charge in [0.25, 0.3) is 5.91 Å². The van der Waals surface area contributed by atoms with E-state index in [-0.39, 0.29) is 24.4 Å². The zero-order chi connectivity index (χ0) is 14.0. The Labute approximate surface area is 124 Å². The largest absolute Gasteiger partial charge is 0.398 e. The van der Waals surface area contributed by atoms with E-state index < -0.39 is 0 Å². The molecular weight excluding hydrogens is 276 g/mol. The van der Waals surface area contributed by atoms with Crippen molar-refractivity contribution in [1.29, 1.82) is 0 Å². The number of rotatable bonds is 3. The van der Waals surface area contributed by atoms with Crippen LogP contribution in [0, 0.1) is 6.92 Å². The van der Waals surface area contributed by atoms with Gasteiger partial charge in [-0.05, 0) is 26.0 Å². The van der Waals surface area contributed by atoms with Gasteiger partial charge in [-0.15, -0.1) is 12.4 Å². The van der Waals surface area contributed by atoms with Crippen molar-refractivity contribution < 1.29 is 4.79 Å². The van der Waals surface area contributed by atoms with Gasteiger partial charge in [0.15, 0.2) is 0 Å². The van der Waals surface area contributed by atoms with Crippen LogP contribution in [0.1, 0.15) is 34.6 Å². The number of amides is 1. The Balaban J connectivity index is 0.00000200. The van der Waals surface area contributed by atoms with E-state index in [2.05, 4.69) is 10.4 Å². The molecule has 3 N–H and O–H groups in total. The van der Waals surface area contributed by atoms with E-state index in [4.69, 9.17) is 5.73 Å². The van der Waals surface area contributed by atoms with Gasteiger partial charge in [-0.1, -0.05) is 12.1 Å². The second kappa shape index (κ2) is 6.43. The van der Waals surface area contributed by atoms with Crippen LogP contribution >= 0.6 is 12.4 Å². The molecule has 1 unspecified atom stereocenters. The lowest BCUT2D eigenvalue weighted by Gasteiger charge is -2.14. The van der Waals surface area contributed by atoms with Gasteiger partial charge in [0, 0.05) is 24.5 Å². The summed E-state index contributed by atoms with van der Waals surface area (Å²) >= 11 is 0. The van der Waals surface area contributed by atoms with Crippen LogP contribution in [0.4, 0.5) is 5.69 Å². The second-order valence-electron chi connectivity index (χ2n) is 4.63.